The molecule has 1 atom stereocenters. The lowest BCUT2D eigenvalue weighted by molar-refractivity contribution is 0.202. The molecule has 10 heavy (non-hydrogen) atoms. The zero-order valence-electron chi connectivity index (χ0n) is 6.89. The Morgan fingerprint density at radius 3 is 2.40 bits per heavy atom. The van der Waals surface area contributed by atoms with Gasteiger partial charge in [0.15, 0.2) is 0 Å². The number of aliphatic hydroxyl groups is 1. The topological polar surface area (TPSA) is 38.7 Å². The van der Waals surface area contributed by atoms with Crippen LogP contribution in [-0.4, -0.2) is 34.0 Å². The van der Waals surface area contributed by atoms with Crippen LogP contribution in [0.4, 0.5) is 0 Å². The Bertz CT molecular complexity index is 81.1. The lowest BCUT2D eigenvalue weighted by atomic mass is 10.9. The SMILES string of the molecule is CCO[Si](C)(CCO)OC. The van der Waals surface area contributed by atoms with E-state index in [2.05, 4.69) is 0 Å². The highest BCUT2D eigenvalue weighted by atomic mass is 28.4. The van der Waals surface area contributed by atoms with Crippen molar-refractivity contribution in [1.82, 2.24) is 0 Å². The minimum atomic E-state index is -1.97. The van der Waals surface area contributed by atoms with Crippen LogP contribution < -0.4 is 0 Å². The lowest BCUT2D eigenvalue weighted by Crippen LogP contribution is -2.38. The third-order valence-electron chi connectivity index (χ3n) is 1.45. The quantitative estimate of drug-likeness (QED) is 0.609. The first-order valence-corrected chi connectivity index (χ1v) is 6.01. The lowest BCUT2D eigenvalue weighted by Gasteiger charge is -2.22. The van der Waals surface area contributed by atoms with Crippen molar-refractivity contribution in [3.63, 3.8) is 0 Å². The molecule has 0 spiro atoms. The Morgan fingerprint density at radius 2 is 2.10 bits per heavy atom. The van der Waals surface area contributed by atoms with E-state index in [0.29, 0.717) is 12.7 Å². The van der Waals surface area contributed by atoms with E-state index in [1.54, 1.807) is 7.11 Å². The van der Waals surface area contributed by atoms with Crippen LogP contribution >= 0.6 is 0 Å². The molecule has 0 aliphatic rings. The Kier molecular flexibility index (Phi) is 4.89. The Labute approximate surface area is 63.2 Å². The summed E-state index contributed by atoms with van der Waals surface area (Å²) in [4.78, 5) is 0. The van der Waals surface area contributed by atoms with E-state index in [0.717, 1.165) is 0 Å². The van der Waals surface area contributed by atoms with Crippen LogP contribution in [0.5, 0.6) is 0 Å². The third-order valence-corrected chi connectivity index (χ3v) is 4.34. The summed E-state index contributed by atoms with van der Waals surface area (Å²) in [7, 11) is -0.337. The van der Waals surface area contributed by atoms with E-state index in [-0.39, 0.29) is 6.61 Å². The van der Waals surface area contributed by atoms with E-state index in [1.807, 2.05) is 13.5 Å². The predicted octanol–water partition coefficient (Wildman–Crippen LogP) is 0.734. The zero-order valence-corrected chi connectivity index (χ0v) is 7.89. The van der Waals surface area contributed by atoms with Crippen LogP contribution in [0.15, 0.2) is 0 Å². The van der Waals surface area contributed by atoms with E-state index >= 15 is 0 Å². The molecule has 0 saturated carbocycles. The summed E-state index contributed by atoms with van der Waals surface area (Å²) in [5.41, 5.74) is 0. The van der Waals surface area contributed by atoms with Crippen LogP contribution in [-0.2, 0) is 8.85 Å². The Hall–Kier alpha value is 0.0969. The van der Waals surface area contributed by atoms with Gasteiger partial charge >= 0.3 is 8.56 Å². The van der Waals surface area contributed by atoms with Crippen molar-refractivity contribution in [2.75, 3.05) is 20.3 Å². The van der Waals surface area contributed by atoms with Gasteiger partial charge in [-0.15, -0.1) is 0 Å². The Balaban J connectivity index is 3.69. The maximum absolute atomic E-state index is 8.63. The fourth-order valence-corrected chi connectivity index (χ4v) is 2.22. The second kappa shape index (κ2) is 4.84. The number of hydrogen-bond acceptors (Lipinski definition) is 3. The monoisotopic (exact) mass is 164 g/mol. The smallest absolute Gasteiger partial charge is 0.336 e. The van der Waals surface area contributed by atoms with Gasteiger partial charge < -0.3 is 14.0 Å². The van der Waals surface area contributed by atoms with Crippen molar-refractivity contribution in [2.45, 2.75) is 19.5 Å². The van der Waals surface area contributed by atoms with Crippen molar-refractivity contribution in [1.29, 1.82) is 0 Å². The Morgan fingerprint density at radius 1 is 1.50 bits per heavy atom. The van der Waals surface area contributed by atoms with Gasteiger partial charge in [-0.05, 0) is 13.5 Å². The van der Waals surface area contributed by atoms with Crippen LogP contribution in [0.25, 0.3) is 0 Å². The van der Waals surface area contributed by atoms with Gasteiger partial charge in [0, 0.05) is 26.4 Å². The van der Waals surface area contributed by atoms with Crippen molar-refractivity contribution in [3.8, 4) is 0 Å². The molecule has 4 heteroatoms. The standard InChI is InChI=1S/C6H16O3Si/c1-4-9-10(3,8-2)6-5-7/h7H,4-6H2,1-3H3. The van der Waals surface area contributed by atoms with E-state index in [4.69, 9.17) is 14.0 Å². The molecule has 3 nitrogen and oxygen atoms in total. The summed E-state index contributed by atoms with van der Waals surface area (Å²) in [5, 5.41) is 8.63. The average Bonchev–Trinajstić information content (AvgIpc) is 1.89. The maximum Gasteiger partial charge on any atom is 0.336 e. The molecule has 62 valence electrons. The van der Waals surface area contributed by atoms with Crippen molar-refractivity contribution in [2.24, 2.45) is 0 Å². The molecular formula is C6H16O3Si. The average molecular weight is 164 g/mol. The summed E-state index contributed by atoms with van der Waals surface area (Å²) < 4.78 is 10.6. The zero-order chi connectivity index (χ0) is 8.04. The number of rotatable bonds is 5. The summed E-state index contributed by atoms with van der Waals surface area (Å²) in [6, 6.07) is 0.650. The van der Waals surface area contributed by atoms with Gasteiger partial charge in [0.2, 0.25) is 0 Å². The van der Waals surface area contributed by atoms with Crippen molar-refractivity contribution in [3.05, 3.63) is 0 Å². The minimum absolute atomic E-state index is 0.149. The van der Waals surface area contributed by atoms with E-state index < -0.39 is 8.56 Å². The largest absolute Gasteiger partial charge is 0.398 e. The molecule has 1 N–H and O–H groups in total. The van der Waals surface area contributed by atoms with Crippen LogP contribution in [0, 0.1) is 0 Å². The molecule has 1 unspecified atom stereocenters. The molecule has 0 heterocycles. The molecule has 0 rings (SSSR count). The van der Waals surface area contributed by atoms with Gasteiger partial charge in [0.25, 0.3) is 0 Å². The van der Waals surface area contributed by atoms with Gasteiger partial charge in [0.1, 0.15) is 0 Å². The predicted molar refractivity (Wildman–Crippen MR) is 42.1 cm³/mol. The second-order valence-corrected chi connectivity index (χ2v) is 5.71. The number of hydrogen-bond donors (Lipinski definition) is 1. The van der Waals surface area contributed by atoms with E-state index in [1.165, 1.54) is 0 Å². The molecule has 0 aliphatic heterocycles. The molecule has 0 aromatic carbocycles. The highest BCUT2D eigenvalue weighted by Gasteiger charge is 2.28. The maximum atomic E-state index is 8.63. The fraction of sp³-hybridized carbons (Fsp3) is 1.00. The van der Waals surface area contributed by atoms with Gasteiger partial charge in [0.05, 0.1) is 0 Å². The fourth-order valence-electron chi connectivity index (χ4n) is 0.742. The van der Waals surface area contributed by atoms with Crippen LogP contribution in [0.2, 0.25) is 12.6 Å². The molecule has 0 aliphatic carbocycles. The van der Waals surface area contributed by atoms with Gasteiger partial charge in [-0.3, -0.25) is 0 Å². The highest BCUT2D eigenvalue weighted by molar-refractivity contribution is 6.66. The van der Waals surface area contributed by atoms with Crippen LogP contribution in [0.1, 0.15) is 6.92 Å². The molecule has 0 saturated heterocycles. The first-order chi connectivity index (χ1) is 4.68. The van der Waals surface area contributed by atoms with Gasteiger partial charge in [-0.2, -0.15) is 0 Å². The second-order valence-electron chi connectivity index (χ2n) is 2.24. The van der Waals surface area contributed by atoms with Crippen molar-refractivity contribution >= 4 is 8.56 Å². The summed E-state index contributed by atoms with van der Waals surface area (Å²) in [6.07, 6.45) is 0. The minimum Gasteiger partial charge on any atom is -0.398 e. The molecular weight excluding hydrogens is 148 g/mol. The van der Waals surface area contributed by atoms with Gasteiger partial charge in [-0.1, -0.05) is 0 Å². The highest BCUT2D eigenvalue weighted by Crippen LogP contribution is 2.10. The summed E-state index contributed by atoms with van der Waals surface area (Å²) in [6.45, 7) is 4.70. The molecule has 0 aromatic rings. The molecule has 0 bridgehead atoms. The van der Waals surface area contributed by atoms with Crippen molar-refractivity contribution < 1.29 is 14.0 Å². The molecule has 0 fully saturated rings. The summed E-state index contributed by atoms with van der Waals surface area (Å²) in [5.74, 6) is 0. The molecule has 0 aromatic heterocycles. The molecule has 0 amide bonds. The first-order valence-electron chi connectivity index (χ1n) is 3.48. The normalized spacial score (nSPS) is 16.8. The first kappa shape index (κ1) is 10.1. The summed E-state index contributed by atoms with van der Waals surface area (Å²) >= 11 is 0. The third kappa shape index (κ3) is 3.31. The van der Waals surface area contributed by atoms with Crippen LogP contribution in [0.3, 0.4) is 0 Å². The van der Waals surface area contributed by atoms with Gasteiger partial charge in [-0.25, -0.2) is 0 Å². The van der Waals surface area contributed by atoms with E-state index in [9.17, 15) is 0 Å². The number of aliphatic hydroxyl groups excluding tert-OH is 1. The molecule has 0 radical (unpaired) electrons.